The van der Waals surface area contributed by atoms with Crippen molar-refractivity contribution < 1.29 is 9.84 Å². The van der Waals surface area contributed by atoms with E-state index in [9.17, 15) is 9.90 Å². The molecule has 0 saturated heterocycles. The van der Waals surface area contributed by atoms with Crippen LogP contribution in [0.4, 0.5) is 0 Å². The fourth-order valence-corrected chi connectivity index (χ4v) is 3.20. The summed E-state index contributed by atoms with van der Waals surface area (Å²) in [5.41, 5.74) is 0.476. The van der Waals surface area contributed by atoms with Gasteiger partial charge in [0.05, 0.1) is 13.2 Å². The lowest BCUT2D eigenvalue weighted by atomic mass is 10.1. The smallest absolute Gasteiger partial charge is 0.343 e. The fourth-order valence-electron chi connectivity index (χ4n) is 2.10. The maximum Gasteiger partial charge on any atom is 0.343 e. The SMILES string of the molecule is CCCn1c(Sc2cccc(OC)c2[C@H](C)O)n[nH]c1=O. The lowest BCUT2D eigenvalue weighted by molar-refractivity contribution is 0.191. The average molecular weight is 309 g/mol. The van der Waals surface area contributed by atoms with E-state index in [-0.39, 0.29) is 5.69 Å². The molecule has 2 aromatic rings. The molecular weight excluding hydrogens is 290 g/mol. The lowest BCUT2D eigenvalue weighted by Gasteiger charge is -2.15. The zero-order valence-electron chi connectivity index (χ0n) is 12.3. The van der Waals surface area contributed by atoms with Gasteiger partial charge >= 0.3 is 5.69 Å². The molecule has 0 radical (unpaired) electrons. The van der Waals surface area contributed by atoms with Crippen molar-refractivity contribution in [2.45, 2.75) is 43.0 Å². The number of nitrogens with zero attached hydrogens (tertiary/aromatic N) is 2. The van der Waals surface area contributed by atoms with Gasteiger partial charge in [-0.05, 0) is 37.2 Å². The Balaban J connectivity index is 2.42. The molecule has 0 unspecified atom stereocenters. The Bertz CT molecular complexity index is 664. The van der Waals surface area contributed by atoms with Crippen LogP contribution in [0.15, 0.2) is 33.0 Å². The van der Waals surface area contributed by atoms with Gasteiger partial charge in [-0.3, -0.25) is 4.57 Å². The summed E-state index contributed by atoms with van der Waals surface area (Å²) in [5.74, 6) is 0.620. The minimum atomic E-state index is -0.672. The highest BCUT2D eigenvalue weighted by atomic mass is 32.2. The summed E-state index contributed by atoms with van der Waals surface area (Å²) >= 11 is 1.34. The normalized spacial score (nSPS) is 12.4. The molecule has 2 N–H and O–H groups in total. The summed E-state index contributed by atoms with van der Waals surface area (Å²) in [5, 5.41) is 17.1. The summed E-state index contributed by atoms with van der Waals surface area (Å²) in [6.07, 6.45) is 0.169. The molecule has 0 fully saturated rings. The number of H-pyrrole nitrogens is 1. The Kier molecular flexibility index (Phi) is 5.08. The summed E-state index contributed by atoms with van der Waals surface area (Å²) in [4.78, 5) is 12.5. The maximum atomic E-state index is 11.7. The van der Waals surface area contributed by atoms with Gasteiger partial charge < -0.3 is 9.84 Å². The van der Waals surface area contributed by atoms with Crippen molar-refractivity contribution in [3.63, 3.8) is 0 Å². The van der Waals surface area contributed by atoms with Gasteiger partial charge in [0.1, 0.15) is 5.75 Å². The highest BCUT2D eigenvalue weighted by molar-refractivity contribution is 7.99. The minimum absolute atomic E-state index is 0.221. The first-order valence-electron chi connectivity index (χ1n) is 6.76. The second kappa shape index (κ2) is 6.82. The van der Waals surface area contributed by atoms with Crippen LogP contribution >= 0.6 is 11.8 Å². The molecule has 0 aliphatic heterocycles. The number of rotatable bonds is 6. The third-order valence-electron chi connectivity index (χ3n) is 3.04. The van der Waals surface area contributed by atoms with E-state index in [0.29, 0.717) is 23.0 Å². The summed E-state index contributed by atoms with van der Waals surface area (Å²) < 4.78 is 6.89. The largest absolute Gasteiger partial charge is 0.496 e. The Morgan fingerprint density at radius 3 is 2.90 bits per heavy atom. The van der Waals surface area contributed by atoms with Gasteiger partial charge in [0.15, 0.2) is 5.16 Å². The molecule has 2 rings (SSSR count). The maximum absolute atomic E-state index is 11.7. The van der Waals surface area contributed by atoms with Crippen LogP contribution in [0.3, 0.4) is 0 Å². The van der Waals surface area contributed by atoms with E-state index in [1.54, 1.807) is 24.7 Å². The molecule has 0 aliphatic rings. The minimum Gasteiger partial charge on any atom is -0.496 e. The van der Waals surface area contributed by atoms with Crippen molar-refractivity contribution >= 4 is 11.8 Å². The Morgan fingerprint density at radius 1 is 1.52 bits per heavy atom. The van der Waals surface area contributed by atoms with Gasteiger partial charge in [-0.2, -0.15) is 0 Å². The van der Waals surface area contributed by atoms with Gasteiger partial charge in [-0.15, -0.1) is 5.10 Å². The third-order valence-corrected chi connectivity index (χ3v) is 4.11. The summed E-state index contributed by atoms with van der Waals surface area (Å²) in [7, 11) is 1.57. The number of hydrogen-bond donors (Lipinski definition) is 2. The van der Waals surface area contributed by atoms with E-state index in [0.717, 1.165) is 11.3 Å². The van der Waals surface area contributed by atoms with Crippen LogP contribution in [0, 0.1) is 0 Å². The molecule has 1 aromatic carbocycles. The highest BCUT2D eigenvalue weighted by Crippen LogP contribution is 2.37. The Labute approximate surface area is 127 Å². The van der Waals surface area contributed by atoms with Crippen LogP contribution in [0.1, 0.15) is 31.9 Å². The molecular formula is C14H19N3O3S. The molecule has 0 spiro atoms. The number of ether oxygens (including phenoxy) is 1. The van der Waals surface area contributed by atoms with E-state index in [1.165, 1.54) is 11.8 Å². The van der Waals surface area contributed by atoms with Crippen LogP contribution in [-0.2, 0) is 6.54 Å². The first-order valence-corrected chi connectivity index (χ1v) is 7.58. The molecule has 1 atom stereocenters. The van der Waals surface area contributed by atoms with Gasteiger partial charge in [-0.25, -0.2) is 9.89 Å². The summed E-state index contributed by atoms with van der Waals surface area (Å²) in [6, 6.07) is 5.53. The first-order chi connectivity index (χ1) is 10.1. The van der Waals surface area contributed by atoms with Crippen molar-refractivity contribution in [3.05, 3.63) is 34.2 Å². The van der Waals surface area contributed by atoms with Crippen molar-refractivity contribution in [1.82, 2.24) is 14.8 Å². The van der Waals surface area contributed by atoms with Crippen LogP contribution < -0.4 is 10.4 Å². The van der Waals surface area contributed by atoms with Crippen LogP contribution in [-0.4, -0.2) is 27.0 Å². The van der Waals surface area contributed by atoms with Crippen molar-refractivity contribution in [1.29, 1.82) is 0 Å². The third kappa shape index (κ3) is 3.30. The molecule has 114 valence electrons. The van der Waals surface area contributed by atoms with E-state index in [4.69, 9.17) is 4.74 Å². The number of methoxy groups -OCH3 is 1. The standard InChI is InChI=1S/C14H19N3O3S/c1-4-8-17-13(19)15-16-14(17)21-11-7-5-6-10(20-3)12(11)9(2)18/h5-7,9,18H,4,8H2,1-3H3,(H,15,19)/t9-/m0/s1. The van der Waals surface area contributed by atoms with Crippen LogP contribution in [0.2, 0.25) is 0 Å². The van der Waals surface area contributed by atoms with Crippen molar-refractivity contribution in [2.75, 3.05) is 7.11 Å². The summed E-state index contributed by atoms with van der Waals surface area (Å²) in [6.45, 7) is 4.29. The molecule has 0 bridgehead atoms. The predicted molar refractivity (Wildman–Crippen MR) is 80.9 cm³/mol. The van der Waals surface area contributed by atoms with Gasteiger partial charge in [-0.1, -0.05) is 13.0 Å². The molecule has 0 amide bonds. The van der Waals surface area contributed by atoms with Gasteiger partial charge in [0.25, 0.3) is 0 Å². The van der Waals surface area contributed by atoms with E-state index in [1.807, 2.05) is 19.1 Å². The topological polar surface area (TPSA) is 80.1 Å². The number of nitrogens with one attached hydrogen (secondary N) is 1. The molecule has 7 heteroatoms. The number of aliphatic hydroxyl groups is 1. The Morgan fingerprint density at radius 2 is 2.29 bits per heavy atom. The molecule has 6 nitrogen and oxygen atoms in total. The molecule has 1 aromatic heterocycles. The molecule has 1 heterocycles. The zero-order chi connectivity index (χ0) is 15.4. The predicted octanol–water partition coefficient (Wildman–Crippen LogP) is 2.19. The molecule has 21 heavy (non-hydrogen) atoms. The van der Waals surface area contributed by atoms with E-state index >= 15 is 0 Å². The quantitative estimate of drug-likeness (QED) is 0.855. The molecule has 0 saturated carbocycles. The van der Waals surface area contributed by atoms with Crippen molar-refractivity contribution in [3.8, 4) is 5.75 Å². The molecule has 0 aliphatic carbocycles. The monoisotopic (exact) mass is 309 g/mol. The van der Waals surface area contributed by atoms with Crippen LogP contribution in [0.5, 0.6) is 5.75 Å². The number of aliphatic hydroxyl groups excluding tert-OH is 1. The Hall–Kier alpha value is -1.73. The van der Waals surface area contributed by atoms with Crippen molar-refractivity contribution in [2.24, 2.45) is 0 Å². The van der Waals surface area contributed by atoms with Gasteiger partial charge in [0.2, 0.25) is 0 Å². The highest BCUT2D eigenvalue weighted by Gasteiger charge is 2.17. The van der Waals surface area contributed by atoms with E-state index < -0.39 is 6.10 Å². The van der Waals surface area contributed by atoms with E-state index in [2.05, 4.69) is 10.2 Å². The lowest BCUT2D eigenvalue weighted by Crippen LogP contribution is -2.17. The number of aromatic amines is 1. The first kappa shape index (κ1) is 15.7. The average Bonchev–Trinajstić information content (AvgIpc) is 2.80. The van der Waals surface area contributed by atoms with Gasteiger partial charge in [0, 0.05) is 17.0 Å². The zero-order valence-corrected chi connectivity index (χ0v) is 13.1. The fraction of sp³-hybridized carbons (Fsp3) is 0.429. The number of aromatic nitrogens is 3. The van der Waals surface area contributed by atoms with Crippen LogP contribution in [0.25, 0.3) is 0 Å². The second-order valence-corrected chi connectivity index (χ2v) is 5.62. The second-order valence-electron chi connectivity index (χ2n) is 4.61. The number of hydrogen-bond acceptors (Lipinski definition) is 5. The number of benzene rings is 1.